The summed E-state index contributed by atoms with van der Waals surface area (Å²) in [6.45, 7) is 0. The first-order valence-electron chi connectivity index (χ1n) is 5.04. The van der Waals surface area contributed by atoms with Gasteiger partial charge in [-0.1, -0.05) is 0 Å². The Labute approximate surface area is 130 Å². The van der Waals surface area contributed by atoms with Crippen molar-refractivity contribution in [1.82, 2.24) is 0 Å². The molecule has 2 aromatic rings. The van der Waals surface area contributed by atoms with Gasteiger partial charge < -0.3 is 10.2 Å². The molecule has 0 heterocycles. The van der Waals surface area contributed by atoms with E-state index < -0.39 is 0 Å². The Balaban J connectivity index is 0.000000324. The summed E-state index contributed by atoms with van der Waals surface area (Å²) in [5.74, 6) is 0.378. The minimum atomic E-state index is 0. The van der Waals surface area contributed by atoms with Gasteiger partial charge in [0.25, 0.3) is 0 Å². The van der Waals surface area contributed by atoms with Crippen LogP contribution in [0.4, 0.5) is 0 Å². The Bertz CT molecular complexity index is 525. The number of phenols is 2. The second kappa shape index (κ2) is 8.92. The van der Waals surface area contributed by atoms with Crippen LogP contribution in [0.2, 0.25) is 0 Å². The van der Waals surface area contributed by atoms with E-state index in [9.17, 15) is 0 Å². The Morgan fingerprint density at radius 3 is 1.11 bits per heavy atom. The van der Waals surface area contributed by atoms with Gasteiger partial charge in [0.2, 0.25) is 0 Å². The van der Waals surface area contributed by atoms with Crippen molar-refractivity contribution in [2.45, 2.75) is 0 Å². The van der Waals surface area contributed by atoms with Gasteiger partial charge in [-0.25, -0.2) is 0 Å². The molecular weight excluding hydrogens is 319 g/mol. The van der Waals surface area contributed by atoms with Gasteiger partial charge in [0.15, 0.2) is 0 Å². The first-order valence-corrected chi connectivity index (χ1v) is 5.04. The molecule has 92 valence electrons. The van der Waals surface area contributed by atoms with Gasteiger partial charge in [0.1, 0.15) is 11.5 Å². The quantitative estimate of drug-likeness (QED) is 0.777. The van der Waals surface area contributed by atoms with Crippen molar-refractivity contribution < 1.29 is 36.4 Å². The Morgan fingerprint density at radius 2 is 0.895 bits per heavy atom. The molecule has 0 saturated heterocycles. The third-order valence-corrected chi connectivity index (χ3v) is 1.99. The molecule has 2 aromatic carbocycles. The summed E-state index contributed by atoms with van der Waals surface area (Å²) in [6, 6.07) is 16.1. The molecule has 0 aliphatic heterocycles. The van der Waals surface area contributed by atoms with Crippen molar-refractivity contribution in [3.8, 4) is 23.6 Å². The molecule has 0 saturated carbocycles. The van der Waals surface area contributed by atoms with Crippen LogP contribution in [0.25, 0.3) is 0 Å². The van der Waals surface area contributed by atoms with Crippen molar-refractivity contribution >= 4 is 0 Å². The largest absolute Gasteiger partial charge is 0.508 e. The second-order valence-corrected chi connectivity index (χ2v) is 3.32. The van der Waals surface area contributed by atoms with Gasteiger partial charge >= 0.3 is 0 Å². The number of hydrogen-bond donors (Lipinski definition) is 2. The number of hydrogen-bond acceptors (Lipinski definition) is 4. The van der Waals surface area contributed by atoms with Crippen LogP contribution in [0.5, 0.6) is 11.5 Å². The zero-order chi connectivity index (χ0) is 13.4. The fourth-order valence-electron chi connectivity index (χ4n) is 1.07. The fraction of sp³-hybridized carbons (Fsp3) is 0. The van der Waals surface area contributed by atoms with E-state index in [-0.39, 0.29) is 37.7 Å². The van der Waals surface area contributed by atoms with Crippen molar-refractivity contribution in [2.75, 3.05) is 0 Å². The van der Waals surface area contributed by atoms with E-state index in [1.54, 1.807) is 24.3 Å². The van der Waals surface area contributed by atoms with Gasteiger partial charge in [0, 0.05) is 26.2 Å². The predicted molar refractivity (Wildman–Crippen MR) is 65.6 cm³/mol. The maximum atomic E-state index is 8.74. The third-order valence-electron chi connectivity index (χ3n) is 1.99. The van der Waals surface area contributed by atoms with Gasteiger partial charge in [-0.3, -0.25) is 0 Å². The van der Waals surface area contributed by atoms with Gasteiger partial charge in [-0.05, 0) is 48.5 Å². The number of nitriles is 2. The third kappa shape index (κ3) is 6.41. The number of aromatic hydroxyl groups is 2. The van der Waals surface area contributed by atoms with Crippen LogP contribution >= 0.6 is 0 Å². The molecule has 2 N–H and O–H groups in total. The van der Waals surface area contributed by atoms with Crippen LogP contribution in [0.1, 0.15) is 11.1 Å². The average Bonchev–Trinajstić information content (AvgIpc) is 2.41. The van der Waals surface area contributed by atoms with Gasteiger partial charge in [-0.2, -0.15) is 10.5 Å². The Kier molecular flexibility index (Phi) is 7.93. The minimum Gasteiger partial charge on any atom is -0.508 e. The van der Waals surface area contributed by atoms with Gasteiger partial charge in [0.05, 0.1) is 23.3 Å². The maximum Gasteiger partial charge on any atom is 0.115 e. The van der Waals surface area contributed by atoms with Crippen LogP contribution in [0.3, 0.4) is 0 Å². The van der Waals surface area contributed by atoms with Crippen molar-refractivity contribution in [3.05, 3.63) is 59.7 Å². The first kappa shape index (κ1) is 16.9. The summed E-state index contributed by atoms with van der Waals surface area (Å²) >= 11 is 0. The van der Waals surface area contributed by atoms with E-state index in [0.29, 0.717) is 11.1 Å². The monoisotopic (exact) mass is 328 g/mol. The first-order chi connectivity index (χ1) is 8.65. The Hall–Kier alpha value is -2.10. The molecule has 0 radical (unpaired) electrons. The molecule has 0 bridgehead atoms. The molecule has 0 aromatic heterocycles. The zero-order valence-electron chi connectivity index (χ0n) is 9.91. The molecule has 0 spiro atoms. The summed E-state index contributed by atoms with van der Waals surface area (Å²) in [7, 11) is 0. The molecule has 0 aliphatic rings. The molecule has 0 amide bonds. The van der Waals surface area contributed by atoms with E-state index in [4.69, 9.17) is 20.7 Å². The molecule has 0 fully saturated rings. The average molecular weight is 329 g/mol. The summed E-state index contributed by atoms with van der Waals surface area (Å²) in [5.41, 5.74) is 1.13. The predicted octanol–water partition coefficient (Wildman–Crippen LogP) is 2.53. The number of nitrogens with zero attached hydrogens (tertiary/aromatic N) is 2. The molecule has 4 nitrogen and oxygen atoms in total. The van der Waals surface area contributed by atoms with Crippen LogP contribution in [0.15, 0.2) is 48.5 Å². The summed E-state index contributed by atoms with van der Waals surface area (Å²) in [6.07, 6.45) is 0. The van der Waals surface area contributed by atoms with E-state index in [1.165, 1.54) is 24.3 Å². The topological polar surface area (TPSA) is 88.0 Å². The standard InChI is InChI=1S/2C7H5NO.Zr/c2*8-5-6-1-3-7(9)4-2-6;/h2*1-4,9H;. The van der Waals surface area contributed by atoms with Gasteiger partial charge in [-0.15, -0.1) is 0 Å². The molecule has 5 heteroatoms. The van der Waals surface area contributed by atoms with E-state index in [2.05, 4.69) is 0 Å². The number of benzene rings is 2. The normalized spacial score (nSPS) is 7.89. The van der Waals surface area contributed by atoms with Crippen LogP contribution in [-0.2, 0) is 26.2 Å². The molecule has 0 unspecified atom stereocenters. The van der Waals surface area contributed by atoms with Crippen LogP contribution in [0, 0.1) is 22.7 Å². The Morgan fingerprint density at radius 1 is 0.632 bits per heavy atom. The SMILES string of the molecule is N#Cc1ccc(O)cc1.N#Cc1ccc(O)cc1.[Zr]. The van der Waals surface area contributed by atoms with E-state index in [0.717, 1.165) is 0 Å². The molecule has 0 aliphatic carbocycles. The molecule has 19 heavy (non-hydrogen) atoms. The van der Waals surface area contributed by atoms with Crippen LogP contribution in [-0.4, -0.2) is 10.2 Å². The minimum absolute atomic E-state index is 0. The second-order valence-electron chi connectivity index (χ2n) is 3.32. The molecular formula is C14H10N2O2Zr. The van der Waals surface area contributed by atoms with E-state index in [1.807, 2.05) is 12.1 Å². The van der Waals surface area contributed by atoms with Crippen molar-refractivity contribution in [3.63, 3.8) is 0 Å². The fourth-order valence-corrected chi connectivity index (χ4v) is 1.07. The molecule has 0 atom stereocenters. The van der Waals surface area contributed by atoms with Crippen molar-refractivity contribution in [2.24, 2.45) is 0 Å². The zero-order valence-corrected chi connectivity index (χ0v) is 12.4. The molecule has 2 rings (SSSR count). The summed E-state index contributed by atoms with van der Waals surface area (Å²) < 4.78 is 0. The number of rotatable bonds is 0. The maximum absolute atomic E-state index is 8.74. The van der Waals surface area contributed by atoms with E-state index >= 15 is 0 Å². The smallest absolute Gasteiger partial charge is 0.115 e. The van der Waals surface area contributed by atoms with Crippen LogP contribution < -0.4 is 0 Å². The summed E-state index contributed by atoms with van der Waals surface area (Å²) in [5, 5.41) is 34.1. The number of phenolic OH excluding ortho intramolecular Hbond substituents is 2. The summed E-state index contributed by atoms with van der Waals surface area (Å²) in [4.78, 5) is 0. The van der Waals surface area contributed by atoms with Crippen molar-refractivity contribution in [1.29, 1.82) is 10.5 Å².